The molecule has 100 valence electrons. The second-order valence-electron chi connectivity index (χ2n) is 4.20. The molecule has 0 bridgehead atoms. The molecule has 0 saturated carbocycles. The second-order valence-corrected chi connectivity index (χ2v) is 6.59. The Morgan fingerprint density at radius 2 is 2.06 bits per heavy atom. The highest BCUT2D eigenvalue weighted by Crippen LogP contribution is 2.22. The molecule has 1 rings (SSSR count). The first-order valence-corrected chi connectivity index (χ1v) is 7.83. The number of benzene rings is 1. The topological polar surface area (TPSA) is 63.2 Å². The Morgan fingerprint density at radius 3 is 2.56 bits per heavy atom. The normalized spacial score (nSPS) is 13.1. The van der Waals surface area contributed by atoms with Gasteiger partial charge in [0.25, 0.3) is 5.91 Å². The largest absolute Gasteiger partial charge is 0.350 e. The summed E-state index contributed by atoms with van der Waals surface area (Å²) in [5.74, 6) is -0.300. The quantitative estimate of drug-likeness (QED) is 0.925. The lowest BCUT2D eigenvalue weighted by atomic mass is 10.2. The van der Waals surface area contributed by atoms with Crippen molar-refractivity contribution in [1.29, 1.82) is 0 Å². The molecule has 18 heavy (non-hydrogen) atoms. The fourth-order valence-corrected chi connectivity index (χ4v) is 2.64. The van der Waals surface area contributed by atoms with Crippen LogP contribution in [-0.2, 0) is 9.84 Å². The van der Waals surface area contributed by atoms with E-state index in [1.54, 1.807) is 0 Å². The molecule has 0 spiro atoms. The summed E-state index contributed by atoms with van der Waals surface area (Å²) in [6.07, 6.45) is 1.86. The lowest BCUT2D eigenvalue weighted by Crippen LogP contribution is -2.32. The molecule has 1 atom stereocenters. The van der Waals surface area contributed by atoms with Crippen LogP contribution in [0.1, 0.15) is 30.6 Å². The number of nitrogens with one attached hydrogen (secondary N) is 1. The van der Waals surface area contributed by atoms with Gasteiger partial charge in [-0.15, -0.1) is 0 Å². The zero-order valence-electron chi connectivity index (χ0n) is 10.5. The van der Waals surface area contributed by atoms with Crippen molar-refractivity contribution in [2.45, 2.75) is 31.2 Å². The van der Waals surface area contributed by atoms with Crippen LogP contribution in [0.2, 0.25) is 5.02 Å². The maximum Gasteiger partial charge on any atom is 0.251 e. The van der Waals surface area contributed by atoms with Crippen LogP contribution in [0.25, 0.3) is 0 Å². The van der Waals surface area contributed by atoms with Crippen LogP contribution in [0.5, 0.6) is 0 Å². The number of hydrogen-bond acceptors (Lipinski definition) is 3. The summed E-state index contributed by atoms with van der Waals surface area (Å²) < 4.78 is 23.0. The summed E-state index contributed by atoms with van der Waals surface area (Å²) in [7, 11) is -3.44. The van der Waals surface area contributed by atoms with Crippen LogP contribution < -0.4 is 5.32 Å². The molecule has 0 aliphatic rings. The van der Waals surface area contributed by atoms with Crippen molar-refractivity contribution >= 4 is 27.3 Å². The van der Waals surface area contributed by atoms with Gasteiger partial charge in [-0.3, -0.25) is 4.79 Å². The van der Waals surface area contributed by atoms with Crippen molar-refractivity contribution in [1.82, 2.24) is 5.32 Å². The molecule has 0 radical (unpaired) electrons. The fourth-order valence-electron chi connectivity index (χ4n) is 1.34. The SMILES string of the molecule is CCC(C)NC(=O)c1ccc(Cl)c(S(C)(=O)=O)c1. The third-order valence-electron chi connectivity index (χ3n) is 2.58. The van der Waals surface area contributed by atoms with Gasteiger partial charge in [0, 0.05) is 17.9 Å². The van der Waals surface area contributed by atoms with E-state index in [1.165, 1.54) is 18.2 Å². The van der Waals surface area contributed by atoms with Crippen LogP contribution in [-0.4, -0.2) is 26.6 Å². The molecular formula is C12H16ClNO3S. The fraction of sp³-hybridized carbons (Fsp3) is 0.417. The van der Waals surface area contributed by atoms with Crippen molar-refractivity contribution in [3.05, 3.63) is 28.8 Å². The summed E-state index contributed by atoms with van der Waals surface area (Å²) in [6, 6.07) is 4.27. The van der Waals surface area contributed by atoms with Crippen LogP contribution in [0.15, 0.2) is 23.1 Å². The molecule has 1 amide bonds. The second kappa shape index (κ2) is 5.71. The van der Waals surface area contributed by atoms with Crippen molar-refractivity contribution in [2.24, 2.45) is 0 Å². The van der Waals surface area contributed by atoms with E-state index in [2.05, 4.69) is 5.32 Å². The maximum absolute atomic E-state index is 11.9. The summed E-state index contributed by atoms with van der Waals surface area (Å²) in [5.41, 5.74) is 0.292. The van der Waals surface area contributed by atoms with E-state index >= 15 is 0 Å². The van der Waals surface area contributed by atoms with Crippen LogP contribution >= 0.6 is 11.6 Å². The van der Waals surface area contributed by atoms with E-state index in [0.29, 0.717) is 5.56 Å². The third kappa shape index (κ3) is 3.71. The number of amides is 1. The molecule has 0 fully saturated rings. The average molecular weight is 290 g/mol. The zero-order valence-corrected chi connectivity index (χ0v) is 12.1. The Bertz CT molecular complexity index is 554. The van der Waals surface area contributed by atoms with Crippen molar-refractivity contribution < 1.29 is 13.2 Å². The summed E-state index contributed by atoms with van der Waals surface area (Å²) >= 11 is 5.81. The van der Waals surface area contributed by atoms with Crippen molar-refractivity contribution in [3.63, 3.8) is 0 Å². The minimum absolute atomic E-state index is 0.0269. The zero-order chi connectivity index (χ0) is 13.9. The Morgan fingerprint density at radius 1 is 1.44 bits per heavy atom. The first kappa shape index (κ1) is 15.0. The predicted octanol–water partition coefficient (Wildman–Crippen LogP) is 2.27. The molecule has 1 N–H and O–H groups in total. The van der Waals surface area contributed by atoms with E-state index in [4.69, 9.17) is 11.6 Å². The molecule has 6 heteroatoms. The van der Waals surface area contributed by atoms with Crippen LogP contribution in [0.3, 0.4) is 0 Å². The Hall–Kier alpha value is -1.07. The molecular weight excluding hydrogens is 274 g/mol. The number of carbonyl (C=O) groups is 1. The number of carbonyl (C=O) groups excluding carboxylic acids is 1. The Labute approximate surface area is 112 Å². The van der Waals surface area contributed by atoms with E-state index in [9.17, 15) is 13.2 Å². The van der Waals surface area contributed by atoms with Crippen LogP contribution in [0.4, 0.5) is 0 Å². The highest BCUT2D eigenvalue weighted by atomic mass is 35.5. The van der Waals surface area contributed by atoms with E-state index in [-0.39, 0.29) is 21.9 Å². The summed E-state index contributed by atoms with van der Waals surface area (Å²) in [5, 5.41) is 2.89. The molecule has 4 nitrogen and oxygen atoms in total. The van der Waals surface area contributed by atoms with E-state index in [1.807, 2.05) is 13.8 Å². The highest BCUT2D eigenvalue weighted by Gasteiger charge is 2.16. The van der Waals surface area contributed by atoms with Gasteiger partial charge in [-0.05, 0) is 31.5 Å². The Kier molecular flexibility index (Phi) is 4.76. The molecule has 0 aliphatic heterocycles. The molecule has 0 heterocycles. The highest BCUT2D eigenvalue weighted by molar-refractivity contribution is 7.90. The summed E-state index contributed by atoms with van der Waals surface area (Å²) in [4.78, 5) is 11.8. The molecule has 0 aromatic heterocycles. The summed E-state index contributed by atoms with van der Waals surface area (Å²) in [6.45, 7) is 3.83. The van der Waals surface area contributed by atoms with Gasteiger partial charge in [0.15, 0.2) is 9.84 Å². The number of hydrogen-bond donors (Lipinski definition) is 1. The average Bonchev–Trinajstić information content (AvgIpc) is 2.27. The Balaban J connectivity index is 3.10. The predicted molar refractivity (Wildman–Crippen MR) is 71.8 cm³/mol. The van der Waals surface area contributed by atoms with Gasteiger partial charge in [0.2, 0.25) is 0 Å². The first-order chi connectivity index (χ1) is 8.25. The molecule has 1 unspecified atom stereocenters. The van der Waals surface area contributed by atoms with Crippen molar-refractivity contribution in [3.8, 4) is 0 Å². The van der Waals surface area contributed by atoms with Gasteiger partial charge in [-0.1, -0.05) is 18.5 Å². The van der Waals surface area contributed by atoms with Gasteiger partial charge < -0.3 is 5.32 Å². The molecule has 0 saturated heterocycles. The van der Waals surface area contributed by atoms with Gasteiger partial charge in [0.05, 0.1) is 9.92 Å². The minimum atomic E-state index is -3.44. The third-order valence-corrected chi connectivity index (χ3v) is 4.16. The van der Waals surface area contributed by atoms with Crippen LogP contribution in [0, 0.1) is 0 Å². The smallest absolute Gasteiger partial charge is 0.251 e. The van der Waals surface area contributed by atoms with Gasteiger partial charge in [0.1, 0.15) is 0 Å². The van der Waals surface area contributed by atoms with Gasteiger partial charge >= 0.3 is 0 Å². The minimum Gasteiger partial charge on any atom is -0.350 e. The van der Waals surface area contributed by atoms with E-state index < -0.39 is 9.84 Å². The maximum atomic E-state index is 11.9. The molecule has 1 aromatic carbocycles. The molecule has 1 aromatic rings. The number of halogens is 1. The number of rotatable bonds is 4. The monoisotopic (exact) mass is 289 g/mol. The van der Waals surface area contributed by atoms with Gasteiger partial charge in [-0.25, -0.2) is 8.42 Å². The van der Waals surface area contributed by atoms with Crippen molar-refractivity contribution in [2.75, 3.05) is 6.26 Å². The standard InChI is InChI=1S/C12H16ClNO3S/c1-4-8(2)14-12(15)9-5-6-10(13)11(7-9)18(3,16)17/h5-8H,4H2,1-3H3,(H,14,15). The first-order valence-electron chi connectivity index (χ1n) is 5.56. The lowest BCUT2D eigenvalue weighted by molar-refractivity contribution is 0.0939. The van der Waals surface area contributed by atoms with E-state index in [0.717, 1.165) is 12.7 Å². The number of sulfone groups is 1. The lowest BCUT2D eigenvalue weighted by Gasteiger charge is -2.12. The van der Waals surface area contributed by atoms with Gasteiger partial charge in [-0.2, -0.15) is 0 Å². The molecule has 0 aliphatic carbocycles.